The third-order valence-electron chi connectivity index (χ3n) is 1.81. The summed E-state index contributed by atoms with van der Waals surface area (Å²) in [5.41, 5.74) is 5.85. The highest BCUT2D eigenvalue weighted by molar-refractivity contribution is 6.17. The van der Waals surface area contributed by atoms with Crippen LogP contribution in [0.25, 0.3) is 0 Å². The van der Waals surface area contributed by atoms with Crippen molar-refractivity contribution in [3.05, 3.63) is 0 Å². The zero-order valence-electron chi connectivity index (χ0n) is 6.99. The summed E-state index contributed by atoms with van der Waals surface area (Å²) in [6.45, 7) is 5.27. The molecule has 0 heterocycles. The van der Waals surface area contributed by atoms with Gasteiger partial charge in [0.1, 0.15) is 0 Å². The Bertz CT molecular complexity index is 81.3. The first kappa shape index (κ1) is 10.2. The Labute approximate surface area is 68.9 Å². The number of alkyl halides is 1. The van der Waals surface area contributed by atoms with Gasteiger partial charge < -0.3 is 5.73 Å². The molecule has 2 heteroatoms. The Morgan fingerprint density at radius 3 is 2.30 bits per heavy atom. The van der Waals surface area contributed by atoms with E-state index in [1.165, 1.54) is 6.42 Å². The van der Waals surface area contributed by atoms with Gasteiger partial charge >= 0.3 is 0 Å². The normalized spacial score (nSPS) is 12.0. The van der Waals surface area contributed by atoms with E-state index in [2.05, 4.69) is 13.8 Å². The molecule has 0 aromatic rings. The van der Waals surface area contributed by atoms with Crippen LogP contribution in [0.5, 0.6) is 0 Å². The van der Waals surface area contributed by atoms with E-state index < -0.39 is 0 Å². The molecular weight excluding hydrogens is 146 g/mol. The SMILES string of the molecule is CC(C)(CCN)CCCCl. The van der Waals surface area contributed by atoms with Gasteiger partial charge in [-0.05, 0) is 31.2 Å². The highest BCUT2D eigenvalue weighted by atomic mass is 35.5. The smallest absolute Gasteiger partial charge is 0.0223 e. The van der Waals surface area contributed by atoms with Gasteiger partial charge in [-0.1, -0.05) is 13.8 Å². The van der Waals surface area contributed by atoms with Crippen molar-refractivity contribution in [1.82, 2.24) is 0 Å². The molecular formula is C8H18ClN. The first-order valence-corrected chi connectivity index (χ1v) is 4.42. The third kappa shape index (κ3) is 5.07. The topological polar surface area (TPSA) is 26.0 Å². The Morgan fingerprint density at radius 2 is 1.90 bits per heavy atom. The second-order valence-corrected chi connectivity index (χ2v) is 3.87. The van der Waals surface area contributed by atoms with Crippen LogP contribution in [0.4, 0.5) is 0 Å². The highest BCUT2D eigenvalue weighted by Crippen LogP contribution is 2.25. The van der Waals surface area contributed by atoms with Crippen molar-refractivity contribution in [2.45, 2.75) is 33.1 Å². The summed E-state index contributed by atoms with van der Waals surface area (Å²) in [7, 11) is 0. The summed E-state index contributed by atoms with van der Waals surface area (Å²) in [5, 5.41) is 0. The minimum absolute atomic E-state index is 0.392. The summed E-state index contributed by atoms with van der Waals surface area (Å²) in [6, 6.07) is 0. The van der Waals surface area contributed by atoms with Crippen LogP contribution in [0, 0.1) is 5.41 Å². The third-order valence-corrected chi connectivity index (χ3v) is 2.08. The van der Waals surface area contributed by atoms with Crippen molar-refractivity contribution in [1.29, 1.82) is 0 Å². The maximum Gasteiger partial charge on any atom is 0.0223 e. The van der Waals surface area contributed by atoms with Crippen molar-refractivity contribution in [2.24, 2.45) is 11.1 Å². The number of nitrogens with two attached hydrogens (primary N) is 1. The Balaban J connectivity index is 3.42. The lowest BCUT2D eigenvalue weighted by Crippen LogP contribution is -2.16. The van der Waals surface area contributed by atoms with Crippen molar-refractivity contribution < 1.29 is 0 Å². The van der Waals surface area contributed by atoms with Crippen LogP contribution < -0.4 is 5.73 Å². The Morgan fingerprint density at radius 1 is 1.30 bits per heavy atom. The average Bonchev–Trinajstić information content (AvgIpc) is 1.84. The molecule has 0 fully saturated rings. The van der Waals surface area contributed by atoms with Crippen LogP contribution >= 0.6 is 11.6 Å². The van der Waals surface area contributed by atoms with Gasteiger partial charge in [0.15, 0.2) is 0 Å². The molecule has 2 N–H and O–H groups in total. The zero-order chi connectivity index (χ0) is 8.04. The average molecular weight is 164 g/mol. The summed E-state index contributed by atoms with van der Waals surface area (Å²) >= 11 is 5.58. The quantitative estimate of drug-likeness (QED) is 0.619. The fourth-order valence-corrected chi connectivity index (χ4v) is 1.19. The molecule has 0 aromatic carbocycles. The van der Waals surface area contributed by atoms with Crippen molar-refractivity contribution >= 4 is 11.6 Å². The van der Waals surface area contributed by atoms with Crippen molar-refractivity contribution in [2.75, 3.05) is 12.4 Å². The van der Waals surface area contributed by atoms with E-state index >= 15 is 0 Å². The second-order valence-electron chi connectivity index (χ2n) is 3.50. The number of hydrogen-bond donors (Lipinski definition) is 1. The Kier molecular flexibility index (Phi) is 5.10. The molecule has 0 atom stereocenters. The fraction of sp³-hybridized carbons (Fsp3) is 1.00. The van der Waals surface area contributed by atoms with E-state index in [-0.39, 0.29) is 0 Å². The number of rotatable bonds is 5. The molecule has 0 saturated carbocycles. The second kappa shape index (κ2) is 4.97. The predicted molar refractivity (Wildman–Crippen MR) is 47.4 cm³/mol. The molecule has 0 aliphatic heterocycles. The molecule has 0 amide bonds. The molecule has 0 bridgehead atoms. The minimum Gasteiger partial charge on any atom is -0.330 e. The van der Waals surface area contributed by atoms with Gasteiger partial charge in [-0.25, -0.2) is 0 Å². The van der Waals surface area contributed by atoms with E-state index in [9.17, 15) is 0 Å². The van der Waals surface area contributed by atoms with Crippen molar-refractivity contribution in [3.8, 4) is 0 Å². The molecule has 10 heavy (non-hydrogen) atoms. The molecule has 0 unspecified atom stereocenters. The molecule has 1 nitrogen and oxygen atoms in total. The van der Waals surface area contributed by atoms with Gasteiger partial charge in [-0.2, -0.15) is 0 Å². The summed E-state index contributed by atoms with van der Waals surface area (Å²) in [5.74, 6) is 0.772. The molecule has 0 radical (unpaired) electrons. The van der Waals surface area contributed by atoms with E-state index in [1.54, 1.807) is 0 Å². The van der Waals surface area contributed by atoms with Crippen LogP contribution in [-0.4, -0.2) is 12.4 Å². The standard InChI is InChI=1S/C8H18ClN/c1-8(2,5-7-10)4-3-6-9/h3-7,10H2,1-2H3. The van der Waals surface area contributed by atoms with E-state index in [0.717, 1.165) is 25.3 Å². The first-order valence-electron chi connectivity index (χ1n) is 3.88. The van der Waals surface area contributed by atoms with Gasteiger partial charge in [0.05, 0.1) is 0 Å². The number of hydrogen-bond acceptors (Lipinski definition) is 1. The largest absolute Gasteiger partial charge is 0.330 e. The molecule has 0 aliphatic carbocycles. The van der Waals surface area contributed by atoms with Crippen LogP contribution in [0.1, 0.15) is 33.1 Å². The van der Waals surface area contributed by atoms with Gasteiger partial charge in [0, 0.05) is 5.88 Å². The zero-order valence-corrected chi connectivity index (χ0v) is 7.75. The molecule has 0 saturated heterocycles. The van der Waals surface area contributed by atoms with Crippen LogP contribution in [-0.2, 0) is 0 Å². The van der Waals surface area contributed by atoms with Crippen molar-refractivity contribution in [3.63, 3.8) is 0 Å². The fourth-order valence-electron chi connectivity index (χ4n) is 1.06. The monoisotopic (exact) mass is 163 g/mol. The lowest BCUT2D eigenvalue weighted by molar-refractivity contribution is 0.310. The van der Waals surface area contributed by atoms with E-state index in [1.807, 2.05) is 0 Å². The summed E-state index contributed by atoms with van der Waals surface area (Å²) in [4.78, 5) is 0. The first-order chi connectivity index (χ1) is 4.62. The van der Waals surface area contributed by atoms with Gasteiger partial charge in [-0.3, -0.25) is 0 Å². The van der Waals surface area contributed by atoms with E-state index in [4.69, 9.17) is 17.3 Å². The van der Waals surface area contributed by atoms with Crippen LogP contribution in [0.3, 0.4) is 0 Å². The summed E-state index contributed by atoms with van der Waals surface area (Å²) < 4.78 is 0. The maximum atomic E-state index is 5.58. The van der Waals surface area contributed by atoms with Crippen LogP contribution in [0.15, 0.2) is 0 Å². The molecule has 62 valence electrons. The maximum absolute atomic E-state index is 5.58. The minimum atomic E-state index is 0.392. The lowest BCUT2D eigenvalue weighted by atomic mass is 9.85. The summed E-state index contributed by atoms with van der Waals surface area (Å²) in [6.07, 6.45) is 3.39. The van der Waals surface area contributed by atoms with Gasteiger partial charge in [-0.15, -0.1) is 11.6 Å². The molecule has 0 rings (SSSR count). The molecule has 0 aliphatic rings. The number of halogens is 1. The van der Waals surface area contributed by atoms with Crippen LogP contribution in [0.2, 0.25) is 0 Å². The molecule has 0 aromatic heterocycles. The van der Waals surface area contributed by atoms with E-state index in [0.29, 0.717) is 5.41 Å². The van der Waals surface area contributed by atoms with Gasteiger partial charge in [0.2, 0.25) is 0 Å². The Hall–Kier alpha value is 0.250. The lowest BCUT2D eigenvalue weighted by Gasteiger charge is -2.22. The predicted octanol–water partition coefficient (Wildman–Crippen LogP) is 2.38. The molecule has 0 spiro atoms. The highest BCUT2D eigenvalue weighted by Gasteiger charge is 2.15. The van der Waals surface area contributed by atoms with Gasteiger partial charge in [0.25, 0.3) is 0 Å².